The number of nitrogens with two attached hydrogens (primary N) is 1. The van der Waals surface area contributed by atoms with Gasteiger partial charge < -0.3 is 16.0 Å². The van der Waals surface area contributed by atoms with E-state index < -0.39 is 0 Å². The zero-order chi connectivity index (χ0) is 15.4. The van der Waals surface area contributed by atoms with Crippen LogP contribution in [0.4, 0.5) is 0 Å². The smallest absolute Gasteiger partial charge is 0.0456 e. The summed E-state index contributed by atoms with van der Waals surface area (Å²) in [4.78, 5) is 3.32. The molecule has 0 amide bonds. The van der Waals surface area contributed by atoms with Crippen molar-refractivity contribution in [3.63, 3.8) is 0 Å². The standard InChI is InChI=1S/C19H23N3/c1-21-19(11-14-7-3-2-4-8-14)17(20)12-15-13-22-18-10-6-5-9-16(15)18/h2-10,13,17,19,21-22H,11-12,20H2,1H3. The Morgan fingerprint density at radius 1 is 1.00 bits per heavy atom. The van der Waals surface area contributed by atoms with Crippen LogP contribution >= 0.6 is 0 Å². The van der Waals surface area contributed by atoms with E-state index in [9.17, 15) is 0 Å². The minimum atomic E-state index is 0.0735. The summed E-state index contributed by atoms with van der Waals surface area (Å²) in [7, 11) is 1.99. The third-order valence-electron chi connectivity index (χ3n) is 4.32. The van der Waals surface area contributed by atoms with Crippen LogP contribution in [0, 0.1) is 0 Å². The summed E-state index contributed by atoms with van der Waals surface area (Å²) in [5, 5.41) is 4.65. The Morgan fingerprint density at radius 3 is 2.50 bits per heavy atom. The molecule has 0 bridgehead atoms. The van der Waals surface area contributed by atoms with Gasteiger partial charge in [0.15, 0.2) is 0 Å². The van der Waals surface area contributed by atoms with Crippen molar-refractivity contribution in [1.82, 2.24) is 10.3 Å². The quantitative estimate of drug-likeness (QED) is 0.654. The van der Waals surface area contributed by atoms with Crippen molar-refractivity contribution in [1.29, 1.82) is 0 Å². The van der Waals surface area contributed by atoms with Gasteiger partial charge in [0.2, 0.25) is 0 Å². The number of benzene rings is 2. The number of H-pyrrole nitrogens is 1. The molecule has 2 atom stereocenters. The maximum atomic E-state index is 6.48. The first-order valence-electron chi connectivity index (χ1n) is 7.79. The van der Waals surface area contributed by atoms with E-state index in [1.807, 2.05) is 19.2 Å². The van der Waals surface area contributed by atoms with E-state index in [1.54, 1.807) is 0 Å². The van der Waals surface area contributed by atoms with E-state index in [2.05, 4.69) is 59.0 Å². The third kappa shape index (κ3) is 3.21. The molecule has 2 aromatic carbocycles. The molecule has 3 nitrogen and oxygen atoms in total. The fraction of sp³-hybridized carbons (Fsp3) is 0.263. The van der Waals surface area contributed by atoms with Gasteiger partial charge in [0.1, 0.15) is 0 Å². The van der Waals surface area contributed by atoms with Crippen LogP contribution < -0.4 is 11.1 Å². The molecule has 0 fully saturated rings. The molecule has 3 rings (SSSR count). The van der Waals surface area contributed by atoms with Crippen LogP contribution in [0.5, 0.6) is 0 Å². The molecule has 0 saturated heterocycles. The van der Waals surface area contributed by atoms with E-state index in [0.29, 0.717) is 0 Å². The molecule has 114 valence electrons. The van der Waals surface area contributed by atoms with E-state index >= 15 is 0 Å². The van der Waals surface area contributed by atoms with Gasteiger partial charge in [-0.25, -0.2) is 0 Å². The molecule has 0 aliphatic carbocycles. The fourth-order valence-corrected chi connectivity index (χ4v) is 3.03. The Kier molecular flexibility index (Phi) is 4.56. The SMILES string of the molecule is CNC(Cc1ccccc1)C(N)Cc1c[nH]c2ccccc12. The second-order valence-corrected chi connectivity index (χ2v) is 5.81. The Hall–Kier alpha value is -2.10. The number of hydrogen-bond acceptors (Lipinski definition) is 2. The van der Waals surface area contributed by atoms with Crippen LogP contribution in [-0.4, -0.2) is 24.1 Å². The van der Waals surface area contributed by atoms with Crippen LogP contribution in [-0.2, 0) is 12.8 Å². The summed E-state index contributed by atoms with van der Waals surface area (Å²) in [5.74, 6) is 0. The number of para-hydroxylation sites is 1. The van der Waals surface area contributed by atoms with Gasteiger partial charge in [-0.2, -0.15) is 0 Å². The topological polar surface area (TPSA) is 53.8 Å². The van der Waals surface area contributed by atoms with Crippen LogP contribution in [0.2, 0.25) is 0 Å². The Bertz CT molecular complexity index is 718. The fourth-order valence-electron chi connectivity index (χ4n) is 3.03. The van der Waals surface area contributed by atoms with Crippen molar-refractivity contribution < 1.29 is 0 Å². The first-order chi connectivity index (χ1) is 10.8. The lowest BCUT2D eigenvalue weighted by Gasteiger charge is -2.23. The number of fused-ring (bicyclic) bond motifs is 1. The lowest BCUT2D eigenvalue weighted by Crippen LogP contribution is -2.46. The Labute approximate surface area is 131 Å². The van der Waals surface area contributed by atoms with Gasteiger partial charge >= 0.3 is 0 Å². The monoisotopic (exact) mass is 293 g/mol. The Morgan fingerprint density at radius 2 is 1.73 bits per heavy atom. The highest BCUT2D eigenvalue weighted by Crippen LogP contribution is 2.19. The summed E-state index contributed by atoms with van der Waals surface area (Å²) in [6.07, 6.45) is 3.89. The van der Waals surface area contributed by atoms with Crippen LogP contribution in [0.1, 0.15) is 11.1 Å². The zero-order valence-corrected chi connectivity index (χ0v) is 12.9. The van der Waals surface area contributed by atoms with Gasteiger partial charge in [0.05, 0.1) is 0 Å². The molecule has 3 heteroatoms. The minimum absolute atomic E-state index is 0.0735. The average molecular weight is 293 g/mol. The lowest BCUT2D eigenvalue weighted by atomic mass is 9.95. The van der Waals surface area contributed by atoms with E-state index in [4.69, 9.17) is 5.73 Å². The highest BCUT2D eigenvalue weighted by molar-refractivity contribution is 5.83. The first kappa shape index (κ1) is 14.8. The summed E-state index contributed by atoms with van der Waals surface area (Å²) >= 11 is 0. The van der Waals surface area contributed by atoms with Gasteiger partial charge in [-0.15, -0.1) is 0 Å². The normalized spacial score (nSPS) is 14.1. The third-order valence-corrected chi connectivity index (χ3v) is 4.32. The second-order valence-electron chi connectivity index (χ2n) is 5.81. The molecular formula is C19H23N3. The zero-order valence-electron chi connectivity index (χ0n) is 12.9. The molecular weight excluding hydrogens is 270 g/mol. The maximum absolute atomic E-state index is 6.48. The molecule has 3 aromatic rings. The molecule has 0 radical (unpaired) electrons. The van der Waals surface area contributed by atoms with Crippen LogP contribution in [0.25, 0.3) is 10.9 Å². The number of aromatic amines is 1. The predicted molar refractivity (Wildman–Crippen MR) is 93.0 cm³/mol. The van der Waals surface area contributed by atoms with Crippen molar-refractivity contribution in [2.24, 2.45) is 5.73 Å². The van der Waals surface area contributed by atoms with Crippen molar-refractivity contribution in [3.05, 3.63) is 71.9 Å². The molecule has 1 aromatic heterocycles. The number of nitrogens with one attached hydrogen (secondary N) is 2. The van der Waals surface area contributed by atoms with Gasteiger partial charge in [0, 0.05) is 29.2 Å². The first-order valence-corrected chi connectivity index (χ1v) is 7.79. The lowest BCUT2D eigenvalue weighted by molar-refractivity contribution is 0.454. The molecule has 1 heterocycles. The van der Waals surface area contributed by atoms with Crippen molar-refractivity contribution >= 4 is 10.9 Å². The molecule has 0 aliphatic heterocycles. The summed E-state index contributed by atoms with van der Waals surface area (Å²) in [5.41, 5.74) is 10.3. The van der Waals surface area contributed by atoms with E-state index in [-0.39, 0.29) is 12.1 Å². The molecule has 2 unspecified atom stereocenters. The molecule has 4 N–H and O–H groups in total. The number of rotatable bonds is 6. The number of likely N-dealkylation sites (N-methyl/N-ethyl adjacent to an activating group) is 1. The number of hydrogen-bond donors (Lipinski definition) is 3. The molecule has 22 heavy (non-hydrogen) atoms. The Balaban J connectivity index is 1.73. The van der Waals surface area contributed by atoms with Crippen molar-refractivity contribution in [2.75, 3.05) is 7.05 Å². The van der Waals surface area contributed by atoms with Crippen molar-refractivity contribution in [3.8, 4) is 0 Å². The minimum Gasteiger partial charge on any atom is -0.361 e. The van der Waals surface area contributed by atoms with Gasteiger partial charge in [-0.1, -0.05) is 48.5 Å². The average Bonchev–Trinajstić information content (AvgIpc) is 2.97. The van der Waals surface area contributed by atoms with Gasteiger partial charge in [0.25, 0.3) is 0 Å². The summed E-state index contributed by atoms with van der Waals surface area (Å²) in [6, 6.07) is 19.2. The highest BCUT2D eigenvalue weighted by atomic mass is 14.9. The predicted octanol–water partition coefficient (Wildman–Crippen LogP) is 2.87. The largest absolute Gasteiger partial charge is 0.361 e. The van der Waals surface area contributed by atoms with E-state index in [0.717, 1.165) is 12.8 Å². The molecule has 0 saturated carbocycles. The number of aromatic nitrogens is 1. The van der Waals surface area contributed by atoms with E-state index in [1.165, 1.54) is 22.0 Å². The highest BCUT2D eigenvalue weighted by Gasteiger charge is 2.18. The summed E-state index contributed by atoms with van der Waals surface area (Å²) < 4.78 is 0. The second kappa shape index (κ2) is 6.77. The van der Waals surface area contributed by atoms with Crippen LogP contribution in [0.3, 0.4) is 0 Å². The van der Waals surface area contributed by atoms with Crippen LogP contribution in [0.15, 0.2) is 60.8 Å². The van der Waals surface area contributed by atoms with Gasteiger partial charge in [-0.3, -0.25) is 0 Å². The summed E-state index contributed by atoms with van der Waals surface area (Å²) in [6.45, 7) is 0. The molecule has 0 spiro atoms. The maximum Gasteiger partial charge on any atom is 0.0456 e. The van der Waals surface area contributed by atoms with Gasteiger partial charge in [-0.05, 0) is 37.1 Å². The molecule has 0 aliphatic rings. The van der Waals surface area contributed by atoms with Crippen molar-refractivity contribution in [2.45, 2.75) is 24.9 Å².